The Balaban J connectivity index is 1.86. The van der Waals surface area contributed by atoms with Crippen LogP contribution in [0.4, 0.5) is 0 Å². The topological polar surface area (TPSA) is 41.6 Å². The monoisotopic (exact) mass is 241 g/mol. The normalized spacial score (nSPS) is 24.9. The smallest absolute Gasteiger partial charge is 0.191 e. The van der Waals surface area contributed by atoms with Gasteiger partial charge in [0.05, 0.1) is 0 Å². The van der Waals surface area contributed by atoms with Gasteiger partial charge in [-0.15, -0.1) is 0 Å². The predicted molar refractivity (Wildman–Crippen MR) is 71.9 cm³/mol. The van der Waals surface area contributed by atoms with Crippen molar-refractivity contribution >= 4 is 17.7 Å². The van der Waals surface area contributed by atoms with E-state index in [1.54, 1.807) is 0 Å². The molecule has 0 unspecified atom stereocenters. The van der Waals surface area contributed by atoms with Crippen molar-refractivity contribution in [3.63, 3.8) is 0 Å². The first-order valence-corrected chi connectivity index (χ1v) is 7.42. The third-order valence-corrected chi connectivity index (χ3v) is 4.95. The van der Waals surface area contributed by atoms with Crippen molar-refractivity contribution < 1.29 is 0 Å². The van der Waals surface area contributed by atoms with Crippen molar-refractivity contribution in [2.75, 3.05) is 31.1 Å². The SMILES string of the molecule is CC(C)C1(CN=C(N)N2CCSCC2)CC1. The van der Waals surface area contributed by atoms with Crippen molar-refractivity contribution in [2.45, 2.75) is 26.7 Å². The maximum absolute atomic E-state index is 6.05. The van der Waals surface area contributed by atoms with Crippen LogP contribution in [0.3, 0.4) is 0 Å². The summed E-state index contributed by atoms with van der Waals surface area (Å²) in [6, 6.07) is 0. The molecule has 0 radical (unpaired) electrons. The Morgan fingerprint density at radius 3 is 2.50 bits per heavy atom. The lowest BCUT2D eigenvalue weighted by Gasteiger charge is -2.28. The molecule has 0 aromatic carbocycles. The van der Waals surface area contributed by atoms with E-state index in [2.05, 4.69) is 23.7 Å². The summed E-state index contributed by atoms with van der Waals surface area (Å²) in [5.74, 6) is 3.88. The summed E-state index contributed by atoms with van der Waals surface area (Å²) in [5, 5.41) is 0. The van der Waals surface area contributed by atoms with E-state index in [1.807, 2.05) is 11.8 Å². The molecule has 1 heterocycles. The Labute approximate surface area is 103 Å². The van der Waals surface area contributed by atoms with Gasteiger partial charge >= 0.3 is 0 Å². The first-order chi connectivity index (χ1) is 7.64. The second-order valence-electron chi connectivity index (χ2n) is 5.29. The molecule has 0 atom stereocenters. The van der Waals surface area contributed by atoms with Gasteiger partial charge in [-0.1, -0.05) is 13.8 Å². The zero-order chi connectivity index (χ0) is 11.6. The molecule has 92 valence electrons. The number of hydrogen-bond donors (Lipinski definition) is 1. The third-order valence-electron chi connectivity index (χ3n) is 4.01. The van der Waals surface area contributed by atoms with Gasteiger partial charge in [0.25, 0.3) is 0 Å². The van der Waals surface area contributed by atoms with Crippen molar-refractivity contribution in [1.29, 1.82) is 0 Å². The summed E-state index contributed by atoms with van der Waals surface area (Å²) in [4.78, 5) is 6.84. The number of guanidine groups is 1. The summed E-state index contributed by atoms with van der Waals surface area (Å²) >= 11 is 2.00. The molecule has 1 aliphatic heterocycles. The van der Waals surface area contributed by atoms with Crippen LogP contribution in [0.1, 0.15) is 26.7 Å². The van der Waals surface area contributed by atoms with Crippen LogP contribution < -0.4 is 5.73 Å². The third kappa shape index (κ3) is 2.65. The van der Waals surface area contributed by atoms with Crippen LogP contribution in [-0.2, 0) is 0 Å². The molecule has 2 N–H and O–H groups in total. The van der Waals surface area contributed by atoms with Gasteiger partial charge in [0, 0.05) is 31.1 Å². The average molecular weight is 241 g/mol. The summed E-state index contributed by atoms with van der Waals surface area (Å²) in [6.45, 7) is 7.66. The van der Waals surface area contributed by atoms with Crippen LogP contribution in [0.15, 0.2) is 4.99 Å². The minimum atomic E-state index is 0.481. The molecule has 16 heavy (non-hydrogen) atoms. The first-order valence-electron chi connectivity index (χ1n) is 6.27. The molecule has 2 aliphatic rings. The highest BCUT2D eigenvalue weighted by atomic mass is 32.2. The van der Waals surface area contributed by atoms with Crippen molar-refractivity contribution in [1.82, 2.24) is 4.90 Å². The number of hydrogen-bond acceptors (Lipinski definition) is 2. The molecule has 2 fully saturated rings. The first kappa shape index (κ1) is 12.1. The Morgan fingerprint density at radius 1 is 1.38 bits per heavy atom. The van der Waals surface area contributed by atoms with E-state index in [0.717, 1.165) is 31.5 Å². The summed E-state index contributed by atoms with van der Waals surface area (Å²) in [6.07, 6.45) is 2.66. The van der Waals surface area contributed by atoms with Gasteiger partial charge in [0.2, 0.25) is 0 Å². The fourth-order valence-electron chi connectivity index (χ4n) is 2.21. The van der Waals surface area contributed by atoms with Crippen LogP contribution >= 0.6 is 11.8 Å². The van der Waals surface area contributed by atoms with Crippen LogP contribution in [0.25, 0.3) is 0 Å². The Hall–Kier alpha value is -0.380. The zero-order valence-corrected chi connectivity index (χ0v) is 11.2. The largest absolute Gasteiger partial charge is 0.370 e. The standard InChI is InChI=1S/C12H23N3S/c1-10(2)12(3-4-12)9-14-11(13)15-5-7-16-8-6-15/h10H,3-9H2,1-2H3,(H2,13,14). The Kier molecular flexibility index (Phi) is 3.67. The molecule has 0 amide bonds. The van der Waals surface area contributed by atoms with Gasteiger partial charge in [-0.05, 0) is 24.2 Å². The molecule has 0 aromatic rings. The summed E-state index contributed by atoms with van der Waals surface area (Å²) in [5.41, 5.74) is 6.53. The van der Waals surface area contributed by atoms with Crippen LogP contribution in [0.5, 0.6) is 0 Å². The number of aliphatic imine (C=N–C) groups is 1. The van der Waals surface area contributed by atoms with Gasteiger partial charge in [-0.2, -0.15) is 11.8 Å². The van der Waals surface area contributed by atoms with Crippen molar-refractivity contribution in [3.05, 3.63) is 0 Å². The molecule has 1 saturated heterocycles. The van der Waals surface area contributed by atoms with Crippen LogP contribution in [0, 0.1) is 11.3 Å². The molecule has 4 heteroatoms. The van der Waals surface area contributed by atoms with Gasteiger partial charge in [-0.3, -0.25) is 4.99 Å². The predicted octanol–water partition coefficient (Wildman–Crippen LogP) is 1.79. The molecule has 2 rings (SSSR count). The molecule has 3 nitrogen and oxygen atoms in total. The molecule has 1 aliphatic carbocycles. The summed E-state index contributed by atoms with van der Waals surface area (Å²) < 4.78 is 0. The van der Waals surface area contributed by atoms with Crippen molar-refractivity contribution in [2.24, 2.45) is 22.1 Å². The van der Waals surface area contributed by atoms with E-state index in [-0.39, 0.29) is 0 Å². The van der Waals surface area contributed by atoms with E-state index in [4.69, 9.17) is 5.73 Å². The fourth-order valence-corrected chi connectivity index (χ4v) is 3.11. The van der Waals surface area contributed by atoms with Crippen molar-refractivity contribution in [3.8, 4) is 0 Å². The van der Waals surface area contributed by atoms with Gasteiger partial charge in [0.1, 0.15) is 0 Å². The Morgan fingerprint density at radius 2 is 2.00 bits per heavy atom. The van der Waals surface area contributed by atoms with E-state index >= 15 is 0 Å². The number of rotatable bonds is 3. The number of nitrogens with zero attached hydrogens (tertiary/aromatic N) is 2. The van der Waals surface area contributed by atoms with Gasteiger partial charge in [-0.25, -0.2) is 0 Å². The second-order valence-corrected chi connectivity index (χ2v) is 6.52. The maximum atomic E-state index is 6.05. The highest BCUT2D eigenvalue weighted by molar-refractivity contribution is 7.99. The highest BCUT2D eigenvalue weighted by Gasteiger charge is 2.45. The van der Waals surface area contributed by atoms with Crippen LogP contribution in [-0.4, -0.2) is 42.0 Å². The lowest BCUT2D eigenvalue weighted by molar-refractivity contribution is 0.366. The number of thioether (sulfide) groups is 1. The molecule has 0 bridgehead atoms. The fraction of sp³-hybridized carbons (Fsp3) is 0.917. The minimum Gasteiger partial charge on any atom is -0.370 e. The van der Waals surface area contributed by atoms with Gasteiger partial charge in [0.15, 0.2) is 5.96 Å². The van der Waals surface area contributed by atoms with E-state index in [1.165, 1.54) is 24.3 Å². The minimum absolute atomic E-state index is 0.481. The van der Waals surface area contributed by atoms with Gasteiger partial charge < -0.3 is 10.6 Å². The average Bonchev–Trinajstić information content (AvgIpc) is 3.08. The molecule has 0 spiro atoms. The summed E-state index contributed by atoms with van der Waals surface area (Å²) in [7, 11) is 0. The van der Waals surface area contributed by atoms with E-state index in [0.29, 0.717) is 5.41 Å². The molecular weight excluding hydrogens is 218 g/mol. The molecule has 0 aromatic heterocycles. The Bertz CT molecular complexity index is 265. The number of nitrogens with two attached hydrogens (primary N) is 1. The highest BCUT2D eigenvalue weighted by Crippen LogP contribution is 2.51. The molecular formula is C12H23N3S. The maximum Gasteiger partial charge on any atom is 0.191 e. The quantitative estimate of drug-likeness (QED) is 0.605. The zero-order valence-electron chi connectivity index (χ0n) is 10.4. The lowest BCUT2D eigenvalue weighted by Crippen LogP contribution is -2.43. The van der Waals surface area contributed by atoms with E-state index in [9.17, 15) is 0 Å². The lowest BCUT2D eigenvalue weighted by atomic mass is 9.93. The molecule has 1 saturated carbocycles. The van der Waals surface area contributed by atoms with Crippen LogP contribution in [0.2, 0.25) is 0 Å². The second kappa shape index (κ2) is 4.86. The van der Waals surface area contributed by atoms with E-state index < -0.39 is 0 Å².